The van der Waals surface area contributed by atoms with Gasteiger partial charge in [0.25, 0.3) is 5.91 Å². The van der Waals surface area contributed by atoms with Crippen LogP contribution in [0.25, 0.3) is 10.9 Å². The van der Waals surface area contributed by atoms with Crippen LogP contribution < -0.4 is 10.1 Å². The summed E-state index contributed by atoms with van der Waals surface area (Å²) in [5, 5.41) is 3.33. The van der Waals surface area contributed by atoms with Crippen molar-refractivity contribution in [3.05, 3.63) is 35.8 Å². The lowest BCUT2D eigenvalue weighted by Crippen LogP contribution is -2.37. The minimum absolute atomic E-state index is 0.137. The molecule has 0 radical (unpaired) electrons. The number of pyridine rings is 1. The van der Waals surface area contributed by atoms with E-state index in [1.807, 2.05) is 0 Å². The zero-order valence-electron chi connectivity index (χ0n) is 13.8. The van der Waals surface area contributed by atoms with Crippen molar-refractivity contribution in [1.29, 1.82) is 0 Å². The van der Waals surface area contributed by atoms with Crippen molar-refractivity contribution in [2.45, 2.75) is 45.3 Å². The van der Waals surface area contributed by atoms with Crippen molar-refractivity contribution in [2.75, 3.05) is 0 Å². The Morgan fingerprint density at radius 2 is 1.96 bits per heavy atom. The molecule has 1 aromatic heterocycles. The van der Waals surface area contributed by atoms with Crippen molar-refractivity contribution in [3.63, 3.8) is 0 Å². The predicted octanol–water partition coefficient (Wildman–Crippen LogP) is 4.28. The summed E-state index contributed by atoms with van der Waals surface area (Å²) >= 11 is 0. The highest BCUT2D eigenvalue weighted by Crippen LogP contribution is 2.26. The number of rotatable bonds is 4. The lowest BCUT2D eigenvalue weighted by atomic mass is 9.87. The first kappa shape index (κ1) is 17.5. The highest BCUT2D eigenvalue weighted by molar-refractivity contribution is 5.97. The fourth-order valence-corrected chi connectivity index (χ4v) is 3.11. The predicted molar refractivity (Wildman–Crippen MR) is 87.2 cm³/mol. The first-order chi connectivity index (χ1) is 11.9. The van der Waals surface area contributed by atoms with Gasteiger partial charge in [0, 0.05) is 23.7 Å². The largest absolute Gasteiger partial charge is 0.432 e. The summed E-state index contributed by atoms with van der Waals surface area (Å²) in [6.45, 7) is -0.915. The number of nitrogens with one attached hydrogen (secondary N) is 1. The number of nitrogens with zero attached hydrogens (tertiary/aromatic N) is 1. The molecule has 1 aliphatic carbocycles. The van der Waals surface area contributed by atoms with Gasteiger partial charge in [-0.05, 0) is 43.7 Å². The normalized spacial score (nSPS) is 20.7. The van der Waals surface area contributed by atoms with Gasteiger partial charge in [0.15, 0.2) is 11.6 Å². The maximum absolute atomic E-state index is 13.8. The molecule has 1 aromatic carbocycles. The molecular weight excluding hydrogens is 333 g/mol. The monoisotopic (exact) mass is 352 g/mol. The van der Waals surface area contributed by atoms with Gasteiger partial charge in [-0.15, -0.1) is 0 Å². The zero-order chi connectivity index (χ0) is 18.0. The molecule has 0 unspecified atom stereocenters. The lowest BCUT2D eigenvalue weighted by Gasteiger charge is -2.26. The van der Waals surface area contributed by atoms with E-state index in [9.17, 15) is 18.0 Å². The molecule has 1 saturated carbocycles. The van der Waals surface area contributed by atoms with Crippen molar-refractivity contribution in [1.82, 2.24) is 10.3 Å². The van der Waals surface area contributed by atoms with E-state index in [1.165, 1.54) is 12.3 Å². The van der Waals surface area contributed by atoms with E-state index in [-0.39, 0.29) is 17.5 Å². The van der Waals surface area contributed by atoms with Gasteiger partial charge >= 0.3 is 6.61 Å². The summed E-state index contributed by atoms with van der Waals surface area (Å²) in [6.07, 6.45) is 5.40. The van der Waals surface area contributed by atoms with E-state index in [1.54, 1.807) is 0 Å². The number of carbonyl (C=O) groups is 1. The standard InChI is InChI=1S/C18H19F3N2O2/c1-10-2-4-13(5-3-10)23-17(24)12-6-11-7-14(19)16(25-18(20)21)8-15(11)22-9-12/h6-10,13,18H,2-5H2,1H3,(H,23,24). The Bertz CT molecular complexity index is 774. The molecule has 0 atom stereocenters. The fourth-order valence-electron chi connectivity index (χ4n) is 3.11. The van der Waals surface area contributed by atoms with Crippen LogP contribution in [0.15, 0.2) is 24.4 Å². The molecule has 1 fully saturated rings. The third kappa shape index (κ3) is 4.21. The summed E-state index contributed by atoms with van der Waals surface area (Å²) in [4.78, 5) is 16.4. The van der Waals surface area contributed by atoms with E-state index in [4.69, 9.17) is 0 Å². The lowest BCUT2D eigenvalue weighted by molar-refractivity contribution is -0.0520. The summed E-state index contributed by atoms with van der Waals surface area (Å²) in [6, 6.07) is 3.77. The van der Waals surface area contributed by atoms with Crippen LogP contribution in [0.2, 0.25) is 0 Å². The molecule has 3 rings (SSSR count). The molecule has 0 spiro atoms. The molecule has 134 valence electrons. The zero-order valence-corrected chi connectivity index (χ0v) is 13.8. The maximum Gasteiger partial charge on any atom is 0.387 e. The molecule has 25 heavy (non-hydrogen) atoms. The average Bonchev–Trinajstić information content (AvgIpc) is 2.56. The molecule has 4 nitrogen and oxygen atoms in total. The smallest absolute Gasteiger partial charge is 0.387 e. The molecule has 0 saturated heterocycles. The Morgan fingerprint density at radius 1 is 1.24 bits per heavy atom. The molecule has 0 aliphatic heterocycles. The van der Waals surface area contributed by atoms with E-state index in [2.05, 4.69) is 22.0 Å². The van der Waals surface area contributed by atoms with Gasteiger partial charge in [-0.3, -0.25) is 9.78 Å². The highest BCUT2D eigenvalue weighted by Gasteiger charge is 2.21. The average molecular weight is 352 g/mol. The second-order valence-corrected chi connectivity index (χ2v) is 6.51. The Morgan fingerprint density at radius 3 is 2.64 bits per heavy atom. The van der Waals surface area contributed by atoms with Crippen LogP contribution in [0.3, 0.4) is 0 Å². The van der Waals surface area contributed by atoms with E-state index in [0.717, 1.165) is 37.8 Å². The fraction of sp³-hybridized carbons (Fsp3) is 0.444. The van der Waals surface area contributed by atoms with Crippen molar-refractivity contribution in [3.8, 4) is 5.75 Å². The number of fused-ring (bicyclic) bond motifs is 1. The second-order valence-electron chi connectivity index (χ2n) is 6.51. The van der Waals surface area contributed by atoms with E-state index >= 15 is 0 Å². The van der Waals surface area contributed by atoms with Crippen LogP contribution in [0.4, 0.5) is 13.2 Å². The topological polar surface area (TPSA) is 51.2 Å². The Labute approximate surface area is 143 Å². The number of halogens is 3. The van der Waals surface area contributed by atoms with Gasteiger partial charge in [-0.1, -0.05) is 6.92 Å². The Balaban J connectivity index is 1.77. The SMILES string of the molecule is CC1CCC(NC(=O)c2cnc3cc(OC(F)F)c(F)cc3c2)CC1. The first-order valence-electron chi connectivity index (χ1n) is 8.27. The molecule has 1 amide bonds. The molecule has 1 aliphatic rings. The van der Waals surface area contributed by atoms with Crippen molar-refractivity contribution in [2.24, 2.45) is 5.92 Å². The Kier molecular flexibility index (Phi) is 5.11. The van der Waals surface area contributed by atoms with Gasteiger partial charge in [0.1, 0.15) is 0 Å². The minimum atomic E-state index is -3.12. The van der Waals surface area contributed by atoms with Crippen LogP contribution in [0.1, 0.15) is 43.0 Å². The second kappa shape index (κ2) is 7.29. The molecule has 1 N–H and O–H groups in total. The minimum Gasteiger partial charge on any atom is -0.432 e. The van der Waals surface area contributed by atoms with Crippen molar-refractivity contribution < 1.29 is 22.7 Å². The maximum atomic E-state index is 13.8. The summed E-state index contributed by atoms with van der Waals surface area (Å²) in [5.74, 6) is -1.07. The quantitative estimate of drug-likeness (QED) is 0.893. The first-order valence-corrected chi connectivity index (χ1v) is 8.27. The molecule has 1 heterocycles. The van der Waals surface area contributed by atoms with E-state index < -0.39 is 18.2 Å². The number of hydrogen-bond acceptors (Lipinski definition) is 3. The molecule has 0 bridgehead atoms. The highest BCUT2D eigenvalue weighted by atomic mass is 19.3. The van der Waals surface area contributed by atoms with Gasteiger partial charge < -0.3 is 10.1 Å². The van der Waals surface area contributed by atoms with Gasteiger partial charge in [0.2, 0.25) is 0 Å². The number of ether oxygens (including phenoxy) is 1. The van der Waals surface area contributed by atoms with Crippen LogP contribution in [0.5, 0.6) is 5.75 Å². The number of benzene rings is 1. The third-order valence-corrected chi connectivity index (χ3v) is 4.56. The molecule has 2 aromatic rings. The Hall–Kier alpha value is -2.31. The van der Waals surface area contributed by atoms with Crippen LogP contribution in [0, 0.1) is 11.7 Å². The number of alkyl halides is 2. The number of aromatic nitrogens is 1. The number of carbonyl (C=O) groups excluding carboxylic acids is 1. The van der Waals surface area contributed by atoms with Crippen LogP contribution >= 0.6 is 0 Å². The van der Waals surface area contributed by atoms with Crippen molar-refractivity contribution >= 4 is 16.8 Å². The third-order valence-electron chi connectivity index (χ3n) is 4.56. The van der Waals surface area contributed by atoms with Gasteiger partial charge in [0.05, 0.1) is 11.1 Å². The van der Waals surface area contributed by atoms with Crippen LogP contribution in [-0.4, -0.2) is 23.5 Å². The number of amides is 1. The summed E-state index contributed by atoms with van der Waals surface area (Å²) in [7, 11) is 0. The van der Waals surface area contributed by atoms with Gasteiger partial charge in [-0.2, -0.15) is 8.78 Å². The molecule has 7 heteroatoms. The van der Waals surface area contributed by atoms with Gasteiger partial charge in [-0.25, -0.2) is 4.39 Å². The summed E-state index contributed by atoms with van der Waals surface area (Å²) < 4.78 is 42.5. The van der Waals surface area contributed by atoms with Crippen LogP contribution in [-0.2, 0) is 0 Å². The number of hydrogen-bond donors (Lipinski definition) is 1. The van der Waals surface area contributed by atoms with E-state index in [0.29, 0.717) is 16.9 Å². The summed E-state index contributed by atoms with van der Waals surface area (Å²) in [5.41, 5.74) is 0.591. The molecular formula is C18H19F3N2O2.